The van der Waals surface area contributed by atoms with Gasteiger partial charge in [0.05, 0.1) is 0 Å². The van der Waals surface area contributed by atoms with Crippen LogP contribution in [0.1, 0.15) is 50.0 Å². The molecule has 3 rings (SSSR count). The highest BCUT2D eigenvalue weighted by atomic mass is 32.1. The number of nitrogens with two attached hydrogens (primary N) is 3. The minimum atomic E-state index is -0.977. The van der Waals surface area contributed by atoms with E-state index in [1.165, 1.54) is 22.3 Å². The van der Waals surface area contributed by atoms with Crippen molar-refractivity contribution in [2.75, 3.05) is 13.6 Å². The van der Waals surface area contributed by atoms with Crippen molar-refractivity contribution in [1.29, 1.82) is 0 Å². The van der Waals surface area contributed by atoms with Crippen LogP contribution in [0.5, 0.6) is 0 Å². The van der Waals surface area contributed by atoms with Crippen LogP contribution in [0.25, 0.3) is 10.8 Å². The van der Waals surface area contributed by atoms with Crippen molar-refractivity contribution < 1.29 is 19.2 Å². The standard InChI is InChI=1S/C34H46N6O4S/c1-34(2,37)17-8-14-30(41)38-28(21-23-15-16-24-10-4-5-11-25(24)20-23)33(44)40(3)29(22-26-12-9-19-45-26)32(43)39-27(31(36)42)13-6-7-18-35/h4-5,8-12,14-16,19-20,27-29H,6-7,13,17-18,21-22,35,37H2,1-3H3,(H2,36,42)(H,38,41)(H,39,43)/t27-,28+,29+/m0/s1. The molecular formula is C34H46N6O4S. The van der Waals surface area contributed by atoms with E-state index in [1.54, 1.807) is 13.1 Å². The third-order valence-corrected chi connectivity index (χ3v) is 8.38. The number of benzene rings is 2. The quantitative estimate of drug-likeness (QED) is 0.113. The second kappa shape index (κ2) is 16.9. The molecule has 8 N–H and O–H groups in total. The summed E-state index contributed by atoms with van der Waals surface area (Å²) in [5.74, 6) is -2.05. The second-order valence-corrected chi connectivity index (χ2v) is 13.1. The molecule has 0 saturated carbocycles. The lowest BCUT2D eigenvalue weighted by Gasteiger charge is -2.31. The largest absolute Gasteiger partial charge is 0.368 e. The summed E-state index contributed by atoms with van der Waals surface area (Å²) in [6.45, 7) is 4.17. The van der Waals surface area contributed by atoms with Gasteiger partial charge in [-0.05, 0) is 79.9 Å². The molecule has 0 bridgehead atoms. The molecule has 0 aliphatic rings. The minimum Gasteiger partial charge on any atom is -0.368 e. The Morgan fingerprint density at radius 2 is 1.69 bits per heavy atom. The maximum absolute atomic E-state index is 14.2. The summed E-state index contributed by atoms with van der Waals surface area (Å²) in [4.78, 5) is 55.3. The topological polar surface area (TPSA) is 174 Å². The lowest BCUT2D eigenvalue weighted by Crippen LogP contribution is -2.57. The summed E-state index contributed by atoms with van der Waals surface area (Å²) in [7, 11) is 1.54. The van der Waals surface area contributed by atoms with Gasteiger partial charge < -0.3 is 32.7 Å². The maximum atomic E-state index is 14.2. The van der Waals surface area contributed by atoms with E-state index in [0.717, 1.165) is 21.2 Å². The first-order valence-electron chi connectivity index (χ1n) is 15.2. The Kier molecular flexibility index (Phi) is 13.3. The zero-order valence-corrected chi connectivity index (χ0v) is 27.1. The van der Waals surface area contributed by atoms with Gasteiger partial charge in [0.25, 0.3) is 0 Å². The number of hydrogen-bond donors (Lipinski definition) is 5. The first-order valence-corrected chi connectivity index (χ1v) is 16.1. The average molecular weight is 635 g/mol. The number of rotatable bonds is 17. The molecular weight excluding hydrogens is 588 g/mol. The molecule has 0 spiro atoms. The van der Waals surface area contributed by atoms with Crippen molar-refractivity contribution in [2.24, 2.45) is 17.2 Å². The summed E-state index contributed by atoms with van der Waals surface area (Å²) >= 11 is 1.46. The Morgan fingerprint density at radius 1 is 0.956 bits per heavy atom. The van der Waals surface area contributed by atoms with Gasteiger partial charge in [-0.1, -0.05) is 54.6 Å². The molecule has 1 aromatic heterocycles. The van der Waals surface area contributed by atoms with Gasteiger partial charge in [-0.25, -0.2) is 0 Å². The van der Waals surface area contributed by atoms with Gasteiger partial charge in [-0.3, -0.25) is 19.2 Å². The number of likely N-dealkylation sites (N-methyl/N-ethyl adjacent to an activating group) is 1. The van der Waals surface area contributed by atoms with E-state index >= 15 is 0 Å². The van der Waals surface area contributed by atoms with Crippen LogP contribution in [0.2, 0.25) is 0 Å². The number of fused-ring (bicyclic) bond motifs is 1. The molecule has 0 saturated heterocycles. The van der Waals surface area contributed by atoms with Crippen LogP contribution in [0.15, 0.2) is 72.1 Å². The summed E-state index contributed by atoms with van der Waals surface area (Å²) in [5, 5.41) is 9.57. The molecule has 4 amide bonds. The van der Waals surface area contributed by atoms with Gasteiger partial charge in [0.2, 0.25) is 23.6 Å². The van der Waals surface area contributed by atoms with Crippen LogP contribution in [0.4, 0.5) is 0 Å². The average Bonchev–Trinajstić information content (AvgIpc) is 3.51. The van der Waals surface area contributed by atoms with Crippen molar-refractivity contribution in [1.82, 2.24) is 15.5 Å². The van der Waals surface area contributed by atoms with Gasteiger partial charge in [0.15, 0.2) is 0 Å². The second-order valence-electron chi connectivity index (χ2n) is 12.0. The first kappa shape index (κ1) is 35.4. The van der Waals surface area contributed by atoms with Crippen molar-refractivity contribution >= 4 is 45.7 Å². The van der Waals surface area contributed by atoms with Crippen molar-refractivity contribution in [2.45, 2.75) is 76.0 Å². The predicted molar refractivity (Wildman–Crippen MR) is 180 cm³/mol. The van der Waals surface area contributed by atoms with E-state index in [-0.39, 0.29) is 12.8 Å². The normalized spacial score (nSPS) is 13.7. The zero-order chi connectivity index (χ0) is 33.0. The Morgan fingerprint density at radius 3 is 2.33 bits per heavy atom. The predicted octanol–water partition coefficient (Wildman–Crippen LogP) is 2.78. The Hall–Kier alpha value is -4.06. The number of nitrogens with zero attached hydrogens (tertiary/aromatic N) is 1. The smallest absolute Gasteiger partial charge is 0.245 e. The fourth-order valence-electron chi connectivity index (χ4n) is 4.96. The number of primary amides is 1. The molecule has 242 valence electrons. The third-order valence-electron chi connectivity index (χ3n) is 7.48. The number of hydrogen-bond acceptors (Lipinski definition) is 7. The summed E-state index contributed by atoms with van der Waals surface area (Å²) in [5.41, 5.74) is 17.6. The molecule has 11 heteroatoms. The number of thiophene rings is 1. The highest BCUT2D eigenvalue weighted by molar-refractivity contribution is 7.09. The van der Waals surface area contributed by atoms with E-state index in [2.05, 4.69) is 10.6 Å². The highest BCUT2D eigenvalue weighted by Gasteiger charge is 2.34. The van der Waals surface area contributed by atoms with E-state index in [4.69, 9.17) is 17.2 Å². The third kappa shape index (κ3) is 11.4. The van der Waals surface area contributed by atoms with Gasteiger partial charge in [-0.2, -0.15) is 0 Å². The number of carbonyl (C=O) groups excluding carboxylic acids is 4. The van der Waals surface area contributed by atoms with Gasteiger partial charge in [-0.15, -0.1) is 11.3 Å². The van der Waals surface area contributed by atoms with Crippen molar-refractivity contribution in [3.63, 3.8) is 0 Å². The first-order chi connectivity index (χ1) is 21.4. The molecule has 0 fully saturated rings. The number of amides is 4. The molecule has 45 heavy (non-hydrogen) atoms. The number of unbranched alkanes of at least 4 members (excludes halogenated alkanes) is 1. The zero-order valence-electron chi connectivity index (χ0n) is 26.3. The monoisotopic (exact) mass is 634 g/mol. The van der Waals surface area contributed by atoms with Gasteiger partial charge in [0.1, 0.15) is 18.1 Å². The molecule has 3 atom stereocenters. The van der Waals surface area contributed by atoms with E-state index in [9.17, 15) is 19.2 Å². The van der Waals surface area contributed by atoms with Crippen LogP contribution in [0, 0.1) is 0 Å². The van der Waals surface area contributed by atoms with Gasteiger partial charge >= 0.3 is 0 Å². The Bertz CT molecular complexity index is 1470. The summed E-state index contributed by atoms with van der Waals surface area (Å²) in [6.07, 6.45) is 5.59. The minimum absolute atomic E-state index is 0.201. The molecule has 2 aromatic carbocycles. The van der Waals surface area contributed by atoms with Crippen LogP contribution in [-0.4, -0.2) is 65.8 Å². The Labute approximate surface area is 269 Å². The molecule has 10 nitrogen and oxygen atoms in total. The van der Waals surface area contributed by atoms with E-state index < -0.39 is 47.3 Å². The number of carbonyl (C=O) groups is 4. The van der Waals surface area contributed by atoms with Crippen molar-refractivity contribution in [3.05, 3.63) is 82.6 Å². The lowest BCUT2D eigenvalue weighted by molar-refractivity contribution is -0.142. The van der Waals surface area contributed by atoms with Crippen LogP contribution in [-0.2, 0) is 32.0 Å². The maximum Gasteiger partial charge on any atom is 0.245 e. The SMILES string of the molecule is CN(C(=O)[C@@H](Cc1ccc2ccccc2c1)NC(=O)C=CCC(C)(C)N)[C@H](Cc1cccs1)C(=O)N[C@@H](CCCCN)C(N)=O. The number of nitrogens with one attached hydrogen (secondary N) is 2. The van der Waals surface area contributed by atoms with Crippen LogP contribution in [0.3, 0.4) is 0 Å². The molecule has 0 unspecified atom stereocenters. The highest BCUT2D eigenvalue weighted by Crippen LogP contribution is 2.19. The van der Waals surface area contributed by atoms with Crippen LogP contribution < -0.4 is 27.8 Å². The Balaban J connectivity index is 1.90. The fourth-order valence-corrected chi connectivity index (χ4v) is 5.70. The fraction of sp³-hybridized carbons (Fsp3) is 0.412. The summed E-state index contributed by atoms with van der Waals surface area (Å²) in [6, 6.07) is 14.7. The molecule has 1 heterocycles. The lowest BCUT2D eigenvalue weighted by atomic mass is 9.99. The molecule has 0 radical (unpaired) electrons. The van der Waals surface area contributed by atoms with Crippen molar-refractivity contribution in [3.8, 4) is 0 Å². The summed E-state index contributed by atoms with van der Waals surface area (Å²) < 4.78 is 0. The van der Waals surface area contributed by atoms with Gasteiger partial charge in [0, 0.05) is 30.3 Å². The molecule has 0 aliphatic heterocycles. The molecule has 3 aromatic rings. The molecule has 0 aliphatic carbocycles. The van der Waals surface area contributed by atoms with E-state index in [1.807, 2.05) is 73.8 Å². The van der Waals surface area contributed by atoms with E-state index in [0.29, 0.717) is 32.2 Å². The van der Waals surface area contributed by atoms with Crippen LogP contribution >= 0.6 is 11.3 Å².